The smallest absolute Gasteiger partial charge is 0.0664 e. The Morgan fingerprint density at radius 1 is 1.11 bits per heavy atom. The lowest BCUT2D eigenvalue weighted by atomic mass is 10.2. The van der Waals surface area contributed by atoms with Gasteiger partial charge in [0.25, 0.3) is 0 Å². The van der Waals surface area contributed by atoms with Crippen molar-refractivity contribution in [3.8, 4) is 0 Å². The second-order valence-corrected chi connectivity index (χ2v) is 5.37. The van der Waals surface area contributed by atoms with Crippen LogP contribution >= 0.6 is 23.4 Å². The summed E-state index contributed by atoms with van der Waals surface area (Å²) in [7, 11) is 1.82. The van der Waals surface area contributed by atoms with Crippen molar-refractivity contribution in [3.63, 3.8) is 0 Å². The van der Waals surface area contributed by atoms with E-state index in [9.17, 15) is 0 Å². The van der Waals surface area contributed by atoms with Crippen LogP contribution in [0.2, 0.25) is 5.02 Å². The van der Waals surface area contributed by atoms with Crippen LogP contribution in [0.5, 0.6) is 0 Å². The minimum absolute atomic E-state index is 0.741. The lowest BCUT2D eigenvalue weighted by molar-refractivity contribution is 0.996. The van der Waals surface area contributed by atoms with Gasteiger partial charge in [0.2, 0.25) is 0 Å². The summed E-state index contributed by atoms with van der Waals surface area (Å²) in [6.07, 6.45) is 0. The molecule has 0 aliphatic rings. The Hall–Kier alpha value is -1.16. The molecule has 2 aromatic carbocycles. The SMILES string of the molecule is CN(N)c1cccc(Cl)c1SCc1ccccc1. The maximum atomic E-state index is 6.24. The van der Waals surface area contributed by atoms with Crippen LogP contribution in [0.1, 0.15) is 5.56 Å². The molecule has 94 valence electrons. The fourth-order valence-electron chi connectivity index (χ4n) is 1.65. The predicted octanol–water partition coefficient (Wildman–Crippen LogP) is 3.94. The number of hydrogen-bond donors (Lipinski definition) is 1. The number of halogens is 1. The summed E-state index contributed by atoms with van der Waals surface area (Å²) in [5, 5.41) is 2.34. The van der Waals surface area contributed by atoms with E-state index in [2.05, 4.69) is 12.1 Å². The quantitative estimate of drug-likeness (QED) is 0.522. The number of hydrogen-bond acceptors (Lipinski definition) is 3. The zero-order valence-electron chi connectivity index (χ0n) is 10.1. The topological polar surface area (TPSA) is 29.3 Å². The van der Waals surface area contributed by atoms with E-state index in [4.69, 9.17) is 17.4 Å². The number of anilines is 1. The minimum atomic E-state index is 0.741. The Balaban J connectivity index is 2.19. The van der Waals surface area contributed by atoms with Gasteiger partial charge in [0.1, 0.15) is 0 Å². The third-order valence-electron chi connectivity index (χ3n) is 2.55. The summed E-state index contributed by atoms with van der Waals surface area (Å²) in [5.41, 5.74) is 2.22. The van der Waals surface area contributed by atoms with Gasteiger partial charge in [-0.1, -0.05) is 48.0 Å². The molecule has 0 spiro atoms. The maximum absolute atomic E-state index is 6.24. The van der Waals surface area contributed by atoms with Crippen molar-refractivity contribution in [2.75, 3.05) is 12.1 Å². The first kappa shape index (κ1) is 13.3. The molecule has 0 aliphatic carbocycles. The normalized spacial score (nSPS) is 10.4. The predicted molar refractivity (Wildman–Crippen MR) is 80.0 cm³/mol. The number of nitrogens with two attached hydrogens (primary N) is 1. The molecule has 2 aromatic rings. The van der Waals surface area contributed by atoms with Crippen LogP contribution in [-0.4, -0.2) is 7.05 Å². The molecule has 0 saturated carbocycles. The van der Waals surface area contributed by atoms with E-state index in [1.54, 1.807) is 16.8 Å². The molecule has 0 amide bonds. The van der Waals surface area contributed by atoms with Crippen LogP contribution in [-0.2, 0) is 5.75 Å². The molecule has 0 bridgehead atoms. The van der Waals surface area contributed by atoms with Gasteiger partial charge < -0.3 is 5.01 Å². The van der Waals surface area contributed by atoms with Gasteiger partial charge in [-0.3, -0.25) is 0 Å². The van der Waals surface area contributed by atoms with E-state index in [0.717, 1.165) is 21.4 Å². The first-order valence-electron chi connectivity index (χ1n) is 5.62. The third-order valence-corrected chi connectivity index (χ3v) is 4.17. The minimum Gasteiger partial charge on any atom is -0.313 e. The van der Waals surface area contributed by atoms with Crippen molar-refractivity contribution in [3.05, 3.63) is 59.1 Å². The molecule has 0 aromatic heterocycles. The number of hydrazine groups is 1. The number of rotatable bonds is 4. The first-order valence-corrected chi connectivity index (χ1v) is 6.98. The molecule has 0 unspecified atom stereocenters. The average Bonchev–Trinajstić information content (AvgIpc) is 2.38. The summed E-state index contributed by atoms with van der Waals surface area (Å²) in [6.45, 7) is 0. The highest BCUT2D eigenvalue weighted by atomic mass is 35.5. The van der Waals surface area contributed by atoms with E-state index >= 15 is 0 Å². The van der Waals surface area contributed by atoms with Crippen molar-refractivity contribution < 1.29 is 0 Å². The van der Waals surface area contributed by atoms with Gasteiger partial charge >= 0.3 is 0 Å². The Kier molecular flexibility index (Phi) is 4.53. The number of thioether (sulfide) groups is 1. The van der Waals surface area contributed by atoms with Crippen LogP contribution in [0.3, 0.4) is 0 Å². The zero-order chi connectivity index (χ0) is 13.0. The van der Waals surface area contributed by atoms with E-state index in [-0.39, 0.29) is 0 Å². The molecule has 4 heteroatoms. The standard InChI is InChI=1S/C14H15ClN2S/c1-17(16)13-9-5-8-12(15)14(13)18-10-11-6-3-2-4-7-11/h2-9H,10,16H2,1H3. The molecule has 2 nitrogen and oxygen atoms in total. The Bertz CT molecular complexity index is 514. The molecule has 2 N–H and O–H groups in total. The van der Waals surface area contributed by atoms with Crippen LogP contribution < -0.4 is 10.9 Å². The molecular formula is C14H15ClN2S. The van der Waals surface area contributed by atoms with Gasteiger partial charge in [-0.05, 0) is 17.7 Å². The first-order chi connectivity index (χ1) is 8.68. The Morgan fingerprint density at radius 3 is 2.50 bits per heavy atom. The van der Waals surface area contributed by atoms with Crippen LogP contribution in [0.25, 0.3) is 0 Å². The van der Waals surface area contributed by atoms with E-state index < -0.39 is 0 Å². The lowest BCUT2D eigenvalue weighted by Crippen LogP contribution is -2.25. The second-order valence-electron chi connectivity index (χ2n) is 3.97. The van der Waals surface area contributed by atoms with Gasteiger partial charge in [0, 0.05) is 12.8 Å². The van der Waals surface area contributed by atoms with Gasteiger partial charge in [0.15, 0.2) is 0 Å². The number of benzene rings is 2. The van der Waals surface area contributed by atoms with Gasteiger partial charge in [-0.15, -0.1) is 11.8 Å². The van der Waals surface area contributed by atoms with Gasteiger partial charge in [-0.25, -0.2) is 5.84 Å². The summed E-state index contributed by atoms with van der Waals surface area (Å²) in [6, 6.07) is 16.1. The summed E-state index contributed by atoms with van der Waals surface area (Å²) in [4.78, 5) is 1.02. The van der Waals surface area contributed by atoms with Crippen molar-refractivity contribution in [2.24, 2.45) is 5.84 Å². The molecule has 2 rings (SSSR count). The second kappa shape index (κ2) is 6.14. The van der Waals surface area contributed by atoms with E-state index in [0.29, 0.717) is 0 Å². The van der Waals surface area contributed by atoms with Gasteiger partial charge in [-0.2, -0.15) is 0 Å². The molecule has 0 saturated heterocycles. The van der Waals surface area contributed by atoms with E-state index in [1.165, 1.54) is 5.56 Å². The fraction of sp³-hybridized carbons (Fsp3) is 0.143. The Morgan fingerprint density at radius 2 is 1.83 bits per heavy atom. The van der Waals surface area contributed by atoms with Crippen molar-refractivity contribution in [1.82, 2.24) is 0 Å². The highest BCUT2D eigenvalue weighted by Gasteiger charge is 2.09. The zero-order valence-corrected chi connectivity index (χ0v) is 11.7. The summed E-state index contributed by atoms with van der Waals surface area (Å²) < 4.78 is 0. The van der Waals surface area contributed by atoms with Crippen molar-refractivity contribution >= 4 is 29.1 Å². The molecule has 0 heterocycles. The molecule has 0 fully saturated rings. The van der Waals surface area contributed by atoms with Crippen molar-refractivity contribution in [1.29, 1.82) is 0 Å². The van der Waals surface area contributed by atoms with Crippen LogP contribution in [0.15, 0.2) is 53.4 Å². The summed E-state index contributed by atoms with van der Waals surface area (Å²) >= 11 is 7.94. The highest BCUT2D eigenvalue weighted by molar-refractivity contribution is 7.98. The molecular weight excluding hydrogens is 264 g/mol. The lowest BCUT2D eigenvalue weighted by Gasteiger charge is -2.17. The highest BCUT2D eigenvalue weighted by Crippen LogP contribution is 2.36. The molecule has 0 atom stereocenters. The molecule has 0 radical (unpaired) electrons. The summed E-state index contributed by atoms with van der Waals surface area (Å²) in [5.74, 6) is 6.69. The average molecular weight is 279 g/mol. The van der Waals surface area contributed by atoms with Crippen molar-refractivity contribution in [2.45, 2.75) is 10.6 Å². The molecule has 0 aliphatic heterocycles. The maximum Gasteiger partial charge on any atom is 0.0664 e. The van der Waals surface area contributed by atoms with Gasteiger partial charge in [0.05, 0.1) is 15.6 Å². The van der Waals surface area contributed by atoms with Crippen LogP contribution in [0.4, 0.5) is 5.69 Å². The molecule has 18 heavy (non-hydrogen) atoms. The fourth-order valence-corrected chi connectivity index (χ4v) is 3.05. The monoisotopic (exact) mass is 278 g/mol. The van der Waals surface area contributed by atoms with E-state index in [1.807, 2.05) is 43.4 Å². The number of nitrogens with zero attached hydrogens (tertiary/aromatic N) is 1. The third kappa shape index (κ3) is 3.19. The largest absolute Gasteiger partial charge is 0.313 e. The Labute approximate surface area is 117 Å². The van der Waals surface area contributed by atoms with Crippen LogP contribution in [0, 0.1) is 0 Å².